The van der Waals surface area contributed by atoms with Crippen LogP contribution >= 0.6 is 0 Å². The number of rotatable bonds is 9. The van der Waals surface area contributed by atoms with Crippen LogP contribution in [0.4, 0.5) is 5.69 Å². The maximum atomic E-state index is 11.8. The molecule has 0 spiro atoms. The highest BCUT2D eigenvalue weighted by molar-refractivity contribution is 7.88. The van der Waals surface area contributed by atoms with E-state index in [0.29, 0.717) is 13.0 Å². The van der Waals surface area contributed by atoms with Crippen molar-refractivity contribution in [3.05, 3.63) is 84.7 Å². The summed E-state index contributed by atoms with van der Waals surface area (Å²) in [5.41, 5.74) is 3.08. The van der Waals surface area contributed by atoms with E-state index in [-0.39, 0.29) is 6.04 Å². The lowest BCUT2D eigenvalue weighted by Crippen LogP contribution is -2.36. The van der Waals surface area contributed by atoms with Crippen LogP contribution in [0.25, 0.3) is 16.5 Å². The van der Waals surface area contributed by atoms with Gasteiger partial charge in [-0.25, -0.2) is 17.8 Å². The van der Waals surface area contributed by atoms with Crippen LogP contribution in [0.5, 0.6) is 5.75 Å². The lowest BCUT2D eigenvalue weighted by molar-refractivity contribution is 0.197. The van der Waals surface area contributed by atoms with Crippen LogP contribution in [0, 0.1) is 0 Å². The van der Waals surface area contributed by atoms with E-state index in [1.54, 1.807) is 7.11 Å². The molecule has 38 heavy (non-hydrogen) atoms. The number of methoxy groups -OCH3 is 1. The van der Waals surface area contributed by atoms with Crippen molar-refractivity contribution >= 4 is 26.5 Å². The molecule has 2 heterocycles. The Morgan fingerprint density at radius 1 is 0.947 bits per heavy atom. The van der Waals surface area contributed by atoms with Gasteiger partial charge in [-0.05, 0) is 42.5 Å². The molecule has 1 saturated heterocycles. The second-order valence-corrected chi connectivity index (χ2v) is 11.5. The predicted molar refractivity (Wildman–Crippen MR) is 153 cm³/mol. The summed E-state index contributed by atoms with van der Waals surface area (Å²) in [5.74, 6) is 0.882. The first-order valence-electron chi connectivity index (χ1n) is 13.0. The van der Waals surface area contributed by atoms with Crippen LogP contribution in [0.1, 0.15) is 24.6 Å². The molecular formula is C29H35N5O3S. The number of hydrogen-bond acceptors (Lipinski definition) is 6. The summed E-state index contributed by atoms with van der Waals surface area (Å²) in [4.78, 5) is 4.87. The monoisotopic (exact) mass is 533 g/mol. The number of sulfonamides is 1. The molecule has 3 aromatic carbocycles. The summed E-state index contributed by atoms with van der Waals surface area (Å²) >= 11 is 0. The Labute approximate surface area is 224 Å². The summed E-state index contributed by atoms with van der Waals surface area (Å²) in [6, 6.07) is 24.7. The van der Waals surface area contributed by atoms with Gasteiger partial charge in [0, 0.05) is 44.3 Å². The van der Waals surface area contributed by atoms with E-state index in [1.807, 2.05) is 41.2 Å². The zero-order valence-electron chi connectivity index (χ0n) is 22.0. The lowest BCUT2D eigenvalue weighted by Gasteiger charge is -2.30. The van der Waals surface area contributed by atoms with Gasteiger partial charge < -0.3 is 9.64 Å². The molecule has 1 fully saturated rings. The molecule has 1 aromatic heterocycles. The first-order valence-corrected chi connectivity index (χ1v) is 14.9. The molecule has 4 aromatic rings. The second-order valence-electron chi connectivity index (χ2n) is 9.71. The molecule has 1 unspecified atom stereocenters. The highest BCUT2D eigenvalue weighted by Crippen LogP contribution is 2.37. The van der Waals surface area contributed by atoms with Gasteiger partial charge in [0.2, 0.25) is 10.0 Å². The number of para-hydroxylation sites is 1. The van der Waals surface area contributed by atoms with Gasteiger partial charge in [0.15, 0.2) is 0 Å². The summed E-state index contributed by atoms with van der Waals surface area (Å²) < 4.78 is 33.9. The summed E-state index contributed by atoms with van der Waals surface area (Å²) in [5, 5.41) is 7.30. The fourth-order valence-corrected chi connectivity index (χ4v) is 5.83. The fourth-order valence-electron chi connectivity index (χ4n) is 5.34. The SMILES string of the molecule is COc1ccc2ccccc2c1N1CCCN(C(CCNS(C)(=O)=O)c2ccn(-c3ccccc3)n2)CC1. The van der Waals surface area contributed by atoms with Crippen molar-refractivity contribution in [1.82, 2.24) is 19.4 Å². The van der Waals surface area contributed by atoms with Gasteiger partial charge in [-0.3, -0.25) is 4.90 Å². The van der Waals surface area contributed by atoms with Crippen molar-refractivity contribution in [3.8, 4) is 11.4 Å². The summed E-state index contributed by atoms with van der Waals surface area (Å²) in [6.45, 7) is 3.83. The van der Waals surface area contributed by atoms with Gasteiger partial charge in [-0.1, -0.05) is 48.5 Å². The fraction of sp³-hybridized carbons (Fsp3) is 0.345. The molecule has 1 aliphatic heterocycles. The van der Waals surface area contributed by atoms with Crippen LogP contribution < -0.4 is 14.4 Å². The Hall–Kier alpha value is -3.40. The van der Waals surface area contributed by atoms with E-state index in [2.05, 4.69) is 57.0 Å². The molecule has 200 valence electrons. The Kier molecular flexibility index (Phi) is 7.97. The van der Waals surface area contributed by atoms with Gasteiger partial charge in [0.25, 0.3) is 0 Å². The Bertz CT molecular complexity index is 1470. The molecule has 5 rings (SSSR count). The molecular weight excluding hydrogens is 498 g/mol. The maximum absolute atomic E-state index is 11.8. The van der Waals surface area contributed by atoms with Crippen LogP contribution in [-0.4, -0.2) is 69.2 Å². The zero-order valence-corrected chi connectivity index (χ0v) is 22.8. The highest BCUT2D eigenvalue weighted by Gasteiger charge is 2.27. The highest BCUT2D eigenvalue weighted by atomic mass is 32.2. The molecule has 0 radical (unpaired) electrons. The molecule has 0 amide bonds. The smallest absolute Gasteiger partial charge is 0.208 e. The van der Waals surface area contributed by atoms with E-state index in [4.69, 9.17) is 9.84 Å². The molecule has 0 bridgehead atoms. The van der Waals surface area contributed by atoms with Gasteiger partial charge in [0.1, 0.15) is 5.75 Å². The number of benzene rings is 3. The third-order valence-electron chi connectivity index (χ3n) is 7.12. The molecule has 1 N–H and O–H groups in total. The van der Waals surface area contributed by atoms with Crippen LogP contribution in [0.15, 0.2) is 79.0 Å². The minimum atomic E-state index is -3.27. The van der Waals surface area contributed by atoms with Crippen molar-refractivity contribution in [2.24, 2.45) is 0 Å². The quantitative estimate of drug-likeness (QED) is 0.347. The summed E-state index contributed by atoms with van der Waals surface area (Å²) in [6.07, 6.45) is 4.79. The van der Waals surface area contributed by atoms with E-state index in [1.165, 1.54) is 17.0 Å². The molecule has 0 saturated carbocycles. The van der Waals surface area contributed by atoms with Crippen molar-refractivity contribution in [2.45, 2.75) is 18.9 Å². The normalized spacial score (nSPS) is 15.9. The molecule has 0 aliphatic carbocycles. The standard InChI is InChI=1S/C29H35N5O3S/c1-37-28-14-13-23-9-6-7-12-25(23)29(28)33-19-8-18-32(21-22-33)27(15-17-30-38(2,35)36)26-16-20-34(31-26)24-10-4-3-5-11-24/h3-7,9-14,16,20,27,30H,8,15,17-19,21-22H2,1-2H3. The number of fused-ring (bicyclic) bond motifs is 1. The number of hydrogen-bond donors (Lipinski definition) is 1. The number of nitrogens with one attached hydrogen (secondary N) is 1. The van der Waals surface area contributed by atoms with Gasteiger partial charge >= 0.3 is 0 Å². The molecule has 8 nitrogen and oxygen atoms in total. The Balaban J connectivity index is 1.40. The van der Waals surface area contributed by atoms with Crippen LogP contribution in [-0.2, 0) is 10.0 Å². The van der Waals surface area contributed by atoms with Gasteiger partial charge in [-0.2, -0.15) is 5.10 Å². The third-order valence-corrected chi connectivity index (χ3v) is 7.85. The average Bonchev–Trinajstić information content (AvgIpc) is 3.29. The van der Waals surface area contributed by atoms with Crippen molar-refractivity contribution in [3.63, 3.8) is 0 Å². The Morgan fingerprint density at radius 2 is 1.74 bits per heavy atom. The number of nitrogens with zero attached hydrogens (tertiary/aromatic N) is 4. The predicted octanol–water partition coefficient (Wildman–Crippen LogP) is 4.23. The zero-order chi connectivity index (χ0) is 26.5. The van der Waals surface area contributed by atoms with Gasteiger partial charge in [-0.15, -0.1) is 0 Å². The second kappa shape index (κ2) is 11.6. The third kappa shape index (κ3) is 6.01. The molecule has 1 aliphatic rings. The molecule has 9 heteroatoms. The minimum Gasteiger partial charge on any atom is -0.495 e. The minimum absolute atomic E-state index is 0.0106. The maximum Gasteiger partial charge on any atom is 0.208 e. The first kappa shape index (κ1) is 26.2. The number of ether oxygens (including phenoxy) is 1. The van der Waals surface area contributed by atoms with E-state index in [9.17, 15) is 8.42 Å². The van der Waals surface area contributed by atoms with E-state index in [0.717, 1.165) is 55.4 Å². The van der Waals surface area contributed by atoms with Crippen LogP contribution in [0.2, 0.25) is 0 Å². The van der Waals surface area contributed by atoms with E-state index >= 15 is 0 Å². The van der Waals surface area contributed by atoms with Crippen LogP contribution in [0.3, 0.4) is 0 Å². The Morgan fingerprint density at radius 3 is 2.53 bits per heavy atom. The van der Waals surface area contributed by atoms with Crippen molar-refractivity contribution in [2.75, 3.05) is 51.0 Å². The van der Waals surface area contributed by atoms with E-state index < -0.39 is 10.0 Å². The number of anilines is 1. The lowest BCUT2D eigenvalue weighted by atomic mass is 10.1. The average molecular weight is 534 g/mol. The topological polar surface area (TPSA) is 79.7 Å². The largest absolute Gasteiger partial charge is 0.495 e. The van der Waals surface area contributed by atoms with Gasteiger partial charge in [0.05, 0.1) is 36.5 Å². The summed E-state index contributed by atoms with van der Waals surface area (Å²) in [7, 11) is -1.54. The molecule has 1 atom stereocenters. The van der Waals surface area contributed by atoms with Crippen molar-refractivity contribution in [1.29, 1.82) is 0 Å². The number of aromatic nitrogens is 2. The van der Waals surface area contributed by atoms with Crippen molar-refractivity contribution < 1.29 is 13.2 Å². The first-order chi connectivity index (χ1) is 18.4.